The number of aliphatic hydroxyl groups is 1. The Morgan fingerprint density at radius 1 is 1.41 bits per heavy atom. The molecule has 0 spiro atoms. The predicted octanol–water partition coefficient (Wildman–Crippen LogP) is 1.32. The number of hydrogen-bond acceptors (Lipinski definition) is 4. The molecule has 0 bridgehead atoms. The first-order valence-electron chi connectivity index (χ1n) is 8.44. The number of ether oxygens (including phenoxy) is 1. The third kappa shape index (κ3) is 5.38. The van der Waals surface area contributed by atoms with Gasteiger partial charge in [-0.2, -0.15) is 0 Å². The Kier molecular flexibility index (Phi) is 6.41. The molecule has 0 aromatic rings. The van der Waals surface area contributed by atoms with E-state index in [-0.39, 0.29) is 11.3 Å². The number of hydrogen-bond donors (Lipinski definition) is 2. The van der Waals surface area contributed by atoms with E-state index >= 15 is 0 Å². The zero-order valence-corrected chi connectivity index (χ0v) is 13.9. The van der Waals surface area contributed by atoms with Gasteiger partial charge in [0.25, 0.3) is 0 Å². The van der Waals surface area contributed by atoms with Gasteiger partial charge in [-0.1, -0.05) is 25.8 Å². The van der Waals surface area contributed by atoms with Crippen molar-refractivity contribution in [2.45, 2.75) is 45.6 Å². The number of carbonyl (C=O) groups is 1. The van der Waals surface area contributed by atoms with Crippen LogP contribution in [0.5, 0.6) is 0 Å². The van der Waals surface area contributed by atoms with Gasteiger partial charge in [-0.15, -0.1) is 0 Å². The Morgan fingerprint density at radius 2 is 2.14 bits per heavy atom. The van der Waals surface area contributed by atoms with Gasteiger partial charge in [-0.3, -0.25) is 9.69 Å². The molecule has 1 heterocycles. The van der Waals surface area contributed by atoms with Crippen molar-refractivity contribution in [3.8, 4) is 0 Å². The lowest BCUT2D eigenvalue weighted by molar-refractivity contribution is -0.117. The summed E-state index contributed by atoms with van der Waals surface area (Å²) in [7, 11) is 0. The van der Waals surface area contributed by atoms with Crippen LogP contribution in [0.4, 0.5) is 0 Å². The second kappa shape index (κ2) is 8.09. The summed E-state index contributed by atoms with van der Waals surface area (Å²) in [5.74, 6) is -0.0778. The van der Waals surface area contributed by atoms with E-state index in [0.29, 0.717) is 13.1 Å². The molecule has 1 saturated heterocycles. The number of carbonyl (C=O) groups excluding carboxylic acids is 1. The Morgan fingerprint density at radius 3 is 2.82 bits per heavy atom. The van der Waals surface area contributed by atoms with Gasteiger partial charge in [-0.05, 0) is 24.7 Å². The summed E-state index contributed by atoms with van der Waals surface area (Å²) in [4.78, 5) is 14.2. The smallest absolute Gasteiger partial charge is 0.244 e. The number of β-amino-alcohol motifs (C(OH)–C–C–N with tert-alkyl or cyclic N) is 1. The van der Waals surface area contributed by atoms with Gasteiger partial charge in [0.2, 0.25) is 5.91 Å². The fraction of sp³-hybridized carbons (Fsp3) is 0.824. The number of rotatable bonds is 5. The number of nitrogens with one attached hydrogen (secondary N) is 1. The summed E-state index contributed by atoms with van der Waals surface area (Å²) in [6, 6.07) is 0. The van der Waals surface area contributed by atoms with Crippen LogP contribution in [0, 0.1) is 5.41 Å². The van der Waals surface area contributed by atoms with Crippen molar-refractivity contribution in [1.82, 2.24) is 10.2 Å². The number of amides is 1. The average molecular weight is 310 g/mol. The van der Waals surface area contributed by atoms with Crippen LogP contribution in [0.2, 0.25) is 0 Å². The topological polar surface area (TPSA) is 61.8 Å². The molecule has 1 aliphatic heterocycles. The molecule has 2 aliphatic rings. The van der Waals surface area contributed by atoms with E-state index < -0.39 is 6.10 Å². The lowest BCUT2D eigenvalue weighted by atomic mass is 9.73. The molecule has 5 heteroatoms. The maximum atomic E-state index is 12.1. The van der Waals surface area contributed by atoms with E-state index in [2.05, 4.69) is 24.1 Å². The number of aliphatic hydroxyl groups excluding tert-OH is 1. The van der Waals surface area contributed by atoms with Crippen LogP contribution in [0.15, 0.2) is 11.6 Å². The molecule has 1 aliphatic carbocycles. The molecule has 1 atom stereocenters. The highest BCUT2D eigenvalue weighted by Gasteiger charge is 2.27. The first kappa shape index (κ1) is 17.4. The minimum Gasteiger partial charge on any atom is -0.390 e. The van der Waals surface area contributed by atoms with Crippen LogP contribution >= 0.6 is 0 Å². The summed E-state index contributed by atoms with van der Waals surface area (Å²) in [5, 5.41) is 12.9. The van der Waals surface area contributed by atoms with Crippen molar-refractivity contribution in [3.05, 3.63) is 11.6 Å². The molecule has 0 radical (unpaired) electrons. The Hall–Kier alpha value is -0.910. The van der Waals surface area contributed by atoms with Gasteiger partial charge in [0.1, 0.15) is 0 Å². The highest BCUT2D eigenvalue weighted by atomic mass is 16.5. The van der Waals surface area contributed by atoms with Gasteiger partial charge in [-0.25, -0.2) is 0 Å². The molecule has 22 heavy (non-hydrogen) atoms. The summed E-state index contributed by atoms with van der Waals surface area (Å²) in [5.41, 5.74) is 1.36. The maximum Gasteiger partial charge on any atom is 0.244 e. The first-order valence-corrected chi connectivity index (χ1v) is 8.44. The highest BCUT2D eigenvalue weighted by Crippen LogP contribution is 2.39. The first-order chi connectivity index (χ1) is 10.5. The van der Waals surface area contributed by atoms with Gasteiger partial charge in [0.05, 0.1) is 19.3 Å². The van der Waals surface area contributed by atoms with E-state index in [4.69, 9.17) is 4.74 Å². The van der Waals surface area contributed by atoms with Gasteiger partial charge in [0.15, 0.2) is 0 Å². The largest absolute Gasteiger partial charge is 0.390 e. The Balaban J connectivity index is 1.74. The molecule has 2 fully saturated rings. The van der Waals surface area contributed by atoms with Crippen molar-refractivity contribution in [1.29, 1.82) is 0 Å². The highest BCUT2D eigenvalue weighted by molar-refractivity contribution is 5.88. The fourth-order valence-electron chi connectivity index (χ4n) is 3.22. The van der Waals surface area contributed by atoms with E-state index in [9.17, 15) is 9.90 Å². The van der Waals surface area contributed by atoms with E-state index in [1.165, 1.54) is 18.4 Å². The van der Waals surface area contributed by atoms with Crippen LogP contribution in [-0.4, -0.2) is 61.4 Å². The van der Waals surface area contributed by atoms with Crippen LogP contribution in [-0.2, 0) is 9.53 Å². The van der Waals surface area contributed by atoms with Crippen molar-refractivity contribution in [3.63, 3.8) is 0 Å². The molecule has 1 unspecified atom stereocenters. The van der Waals surface area contributed by atoms with Crippen molar-refractivity contribution >= 4 is 5.91 Å². The molecule has 126 valence electrons. The lowest BCUT2D eigenvalue weighted by Crippen LogP contribution is -2.44. The third-order valence-corrected chi connectivity index (χ3v) is 4.76. The minimum atomic E-state index is -0.528. The molecular formula is C17H30N2O3. The van der Waals surface area contributed by atoms with Crippen molar-refractivity contribution in [2.24, 2.45) is 5.41 Å². The number of morpholine rings is 1. The molecule has 1 amide bonds. The fourth-order valence-corrected chi connectivity index (χ4v) is 3.22. The number of nitrogens with zero attached hydrogens (tertiary/aromatic N) is 1. The van der Waals surface area contributed by atoms with Crippen molar-refractivity contribution < 1.29 is 14.6 Å². The second-order valence-corrected chi connectivity index (χ2v) is 7.07. The van der Waals surface area contributed by atoms with Crippen molar-refractivity contribution in [2.75, 3.05) is 39.4 Å². The monoisotopic (exact) mass is 310 g/mol. The zero-order valence-electron chi connectivity index (χ0n) is 13.9. The zero-order chi connectivity index (χ0) is 16.0. The Labute approximate surface area is 133 Å². The van der Waals surface area contributed by atoms with Crippen LogP contribution < -0.4 is 5.32 Å². The summed E-state index contributed by atoms with van der Waals surface area (Å²) in [6.45, 7) is 8.45. The minimum absolute atomic E-state index is 0.0778. The molecule has 1 saturated carbocycles. The van der Waals surface area contributed by atoms with E-state index in [1.807, 2.05) is 0 Å². The van der Waals surface area contributed by atoms with Crippen LogP contribution in [0.1, 0.15) is 39.5 Å². The van der Waals surface area contributed by atoms with Gasteiger partial charge < -0.3 is 15.2 Å². The summed E-state index contributed by atoms with van der Waals surface area (Å²) >= 11 is 0. The normalized spacial score (nSPS) is 25.9. The van der Waals surface area contributed by atoms with E-state index in [0.717, 1.165) is 39.1 Å². The standard InChI is InChI=1S/C17H30N2O3/c1-17(2)6-4-3-5-14(17)11-16(21)18-12-15(20)13-19-7-9-22-10-8-19/h11,15,20H,3-10,12-13H2,1-2H3,(H,18,21). The molecule has 2 N–H and O–H groups in total. The van der Waals surface area contributed by atoms with Crippen LogP contribution in [0.3, 0.4) is 0 Å². The Bertz CT molecular complexity index is 401. The summed E-state index contributed by atoms with van der Waals surface area (Å²) < 4.78 is 5.28. The maximum absolute atomic E-state index is 12.1. The molecule has 5 nitrogen and oxygen atoms in total. The summed E-state index contributed by atoms with van der Waals surface area (Å²) in [6.07, 6.45) is 5.79. The van der Waals surface area contributed by atoms with E-state index in [1.54, 1.807) is 6.08 Å². The van der Waals surface area contributed by atoms with Crippen LogP contribution in [0.25, 0.3) is 0 Å². The molecule has 0 aromatic heterocycles. The average Bonchev–Trinajstić information content (AvgIpc) is 2.48. The van der Waals surface area contributed by atoms with Gasteiger partial charge in [0, 0.05) is 32.3 Å². The third-order valence-electron chi connectivity index (χ3n) is 4.76. The molecule has 0 aromatic carbocycles. The quantitative estimate of drug-likeness (QED) is 0.752. The SMILES string of the molecule is CC1(C)CCCCC1=CC(=O)NCC(O)CN1CCOCC1. The molecular weight excluding hydrogens is 280 g/mol. The number of allylic oxidation sites excluding steroid dienone is 1. The van der Waals surface area contributed by atoms with Gasteiger partial charge >= 0.3 is 0 Å². The molecule has 2 rings (SSSR count). The second-order valence-electron chi connectivity index (χ2n) is 7.07. The predicted molar refractivity (Wildman–Crippen MR) is 86.6 cm³/mol. The lowest BCUT2D eigenvalue weighted by Gasteiger charge is -2.32.